The fraction of sp³-hybridized carbons (Fsp3) is 0.294. The molecule has 2 aromatic rings. The molecule has 21 heavy (non-hydrogen) atoms. The molecule has 0 aliphatic rings. The number of ether oxygens (including phenoxy) is 1. The van der Waals surface area contributed by atoms with E-state index in [9.17, 15) is 0 Å². The van der Waals surface area contributed by atoms with Gasteiger partial charge in [0.15, 0.2) is 0 Å². The average Bonchev–Trinajstić information content (AvgIpc) is 2.49. The van der Waals surface area contributed by atoms with Crippen molar-refractivity contribution in [2.24, 2.45) is 0 Å². The van der Waals surface area contributed by atoms with Gasteiger partial charge in [-0.1, -0.05) is 41.4 Å². The van der Waals surface area contributed by atoms with Crippen LogP contribution in [0.2, 0.25) is 10.0 Å². The zero-order chi connectivity index (χ0) is 15.2. The van der Waals surface area contributed by atoms with Crippen molar-refractivity contribution in [1.82, 2.24) is 5.32 Å². The van der Waals surface area contributed by atoms with Crippen LogP contribution in [0.15, 0.2) is 42.5 Å². The lowest BCUT2D eigenvalue weighted by atomic mass is 10.1. The summed E-state index contributed by atoms with van der Waals surface area (Å²) >= 11 is 12.1. The average molecular weight is 324 g/mol. The van der Waals surface area contributed by atoms with Crippen LogP contribution in [0.5, 0.6) is 5.75 Å². The van der Waals surface area contributed by atoms with Gasteiger partial charge < -0.3 is 10.1 Å². The van der Waals surface area contributed by atoms with Crippen molar-refractivity contribution in [3.63, 3.8) is 0 Å². The quantitative estimate of drug-likeness (QED) is 0.816. The van der Waals surface area contributed by atoms with E-state index in [-0.39, 0.29) is 6.04 Å². The van der Waals surface area contributed by atoms with Crippen molar-refractivity contribution in [1.29, 1.82) is 0 Å². The maximum atomic E-state index is 6.17. The van der Waals surface area contributed by atoms with E-state index in [4.69, 9.17) is 27.9 Å². The molecule has 0 radical (unpaired) electrons. The van der Waals surface area contributed by atoms with Crippen LogP contribution in [-0.2, 0) is 6.42 Å². The molecule has 1 atom stereocenters. The predicted molar refractivity (Wildman–Crippen MR) is 89.6 cm³/mol. The number of benzene rings is 2. The van der Waals surface area contributed by atoms with E-state index in [1.54, 1.807) is 13.2 Å². The molecule has 1 unspecified atom stereocenters. The highest BCUT2D eigenvalue weighted by molar-refractivity contribution is 6.35. The van der Waals surface area contributed by atoms with Gasteiger partial charge in [-0.25, -0.2) is 0 Å². The lowest BCUT2D eigenvalue weighted by Gasteiger charge is -2.15. The van der Waals surface area contributed by atoms with Gasteiger partial charge in [-0.2, -0.15) is 0 Å². The largest absolute Gasteiger partial charge is 0.497 e. The second-order valence-electron chi connectivity index (χ2n) is 4.94. The third-order valence-corrected chi connectivity index (χ3v) is 4.04. The molecule has 0 saturated heterocycles. The molecular formula is C17H19Cl2NO. The number of hydrogen-bond acceptors (Lipinski definition) is 2. The molecule has 2 aromatic carbocycles. The molecule has 0 saturated carbocycles. The van der Waals surface area contributed by atoms with Gasteiger partial charge in [0, 0.05) is 16.1 Å². The molecule has 0 aliphatic carbocycles. The monoisotopic (exact) mass is 323 g/mol. The first-order chi connectivity index (χ1) is 10.1. The summed E-state index contributed by atoms with van der Waals surface area (Å²) in [6.07, 6.45) is 0.865. The third kappa shape index (κ3) is 4.63. The number of rotatable bonds is 6. The molecule has 0 aliphatic heterocycles. The smallest absolute Gasteiger partial charge is 0.119 e. The van der Waals surface area contributed by atoms with Gasteiger partial charge in [0.1, 0.15) is 5.75 Å². The van der Waals surface area contributed by atoms with Crippen LogP contribution in [0.4, 0.5) is 0 Å². The first-order valence-electron chi connectivity index (χ1n) is 6.91. The standard InChI is InChI=1S/C17H19Cl2NO/c1-12(14-4-3-5-16(10-14)21-2)20-9-8-13-6-7-15(18)11-17(13)19/h3-7,10-12,20H,8-9H2,1-2H3. The van der Waals surface area contributed by atoms with Crippen molar-refractivity contribution in [3.8, 4) is 5.75 Å². The molecule has 0 heterocycles. The second kappa shape index (κ2) is 7.69. The Bertz CT molecular complexity index is 601. The van der Waals surface area contributed by atoms with Gasteiger partial charge >= 0.3 is 0 Å². The maximum Gasteiger partial charge on any atom is 0.119 e. The van der Waals surface area contributed by atoms with Gasteiger partial charge in [0.25, 0.3) is 0 Å². The van der Waals surface area contributed by atoms with Crippen molar-refractivity contribution in [2.75, 3.05) is 13.7 Å². The van der Waals surface area contributed by atoms with Crippen LogP contribution >= 0.6 is 23.2 Å². The Balaban J connectivity index is 1.90. The van der Waals surface area contributed by atoms with Gasteiger partial charge in [-0.15, -0.1) is 0 Å². The normalized spacial score (nSPS) is 12.2. The molecule has 0 spiro atoms. The Kier molecular flexibility index (Phi) is 5.92. The Morgan fingerprint density at radius 1 is 1.14 bits per heavy atom. The SMILES string of the molecule is COc1cccc(C(C)NCCc2ccc(Cl)cc2Cl)c1. The summed E-state index contributed by atoms with van der Waals surface area (Å²) in [5, 5.41) is 4.88. The number of methoxy groups -OCH3 is 1. The Labute approximate surface area is 136 Å². The minimum absolute atomic E-state index is 0.256. The first kappa shape index (κ1) is 16.2. The Morgan fingerprint density at radius 2 is 1.95 bits per heavy atom. The highest BCUT2D eigenvalue weighted by atomic mass is 35.5. The fourth-order valence-corrected chi connectivity index (χ4v) is 2.68. The number of halogens is 2. The molecule has 2 rings (SSSR count). The van der Waals surface area contributed by atoms with E-state index in [0.29, 0.717) is 5.02 Å². The Morgan fingerprint density at radius 3 is 2.67 bits per heavy atom. The summed E-state index contributed by atoms with van der Waals surface area (Å²) in [4.78, 5) is 0. The zero-order valence-electron chi connectivity index (χ0n) is 12.2. The zero-order valence-corrected chi connectivity index (χ0v) is 13.7. The summed E-state index contributed by atoms with van der Waals surface area (Å²) < 4.78 is 5.25. The fourth-order valence-electron chi connectivity index (χ4n) is 2.18. The van der Waals surface area contributed by atoms with Crippen molar-refractivity contribution < 1.29 is 4.74 Å². The first-order valence-corrected chi connectivity index (χ1v) is 7.67. The van der Waals surface area contributed by atoms with Crippen molar-refractivity contribution in [2.45, 2.75) is 19.4 Å². The summed E-state index contributed by atoms with van der Waals surface area (Å²) in [6, 6.07) is 14.0. The molecule has 2 nitrogen and oxygen atoms in total. The van der Waals surface area contributed by atoms with Crippen LogP contribution in [0.3, 0.4) is 0 Å². The van der Waals surface area contributed by atoms with Crippen LogP contribution in [0.25, 0.3) is 0 Å². The molecule has 4 heteroatoms. The molecule has 0 aromatic heterocycles. The molecule has 1 N–H and O–H groups in total. The summed E-state index contributed by atoms with van der Waals surface area (Å²) in [5.41, 5.74) is 2.31. The predicted octanol–water partition coefficient (Wildman–Crippen LogP) is 4.90. The highest BCUT2D eigenvalue weighted by Gasteiger charge is 2.07. The lowest BCUT2D eigenvalue weighted by Crippen LogP contribution is -2.21. The molecule has 112 valence electrons. The van der Waals surface area contributed by atoms with E-state index in [1.165, 1.54) is 5.56 Å². The molecule has 0 bridgehead atoms. The minimum atomic E-state index is 0.256. The van der Waals surface area contributed by atoms with E-state index >= 15 is 0 Å². The van der Waals surface area contributed by atoms with Crippen LogP contribution in [-0.4, -0.2) is 13.7 Å². The molecule has 0 amide bonds. The topological polar surface area (TPSA) is 21.3 Å². The molecule has 0 fully saturated rings. The van der Waals surface area contributed by atoms with E-state index in [2.05, 4.69) is 18.3 Å². The van der Waals surface area contributed by atoms with E-state index in [1.807, 2.05) is 30.3 Å². The van der Waals surface area contributed by atoms with E-state index in [0.717, 1.165) is 29.3 Å². The van der Waals surface area contributed by atoms with Crippen molar-refractivity contribution >= 4 is 23.2 Å². The van der Waals surface area contributed by atoms with Gasteiger partial charge in [0.2, 0.25) is 0 Å². The summed E-state index contributed by atoms with van der Waals surface area (Å²) in [6.45, 7) is 2.98. The number of hydrogen-bond donors (Lipinski definition) is 1. The van der Waals surface area contributed by atoms with Crippen LogP contribution in [0.1, 0.15) is 24.1 Å². The van der Waals surface area contributed by atoms with Gasteiger partial charge in [-0.05, 0) is 55.3 Å². The van der Waals surface area contributed by atoms with E-state index < -0.39 is 0 Å². The highest BCUT2D eigenvalue weighted by Crippen LogP contribution is 2.22. The molecular weight excluding hydrogens is 305 g/mol. The van der Waals surface area contributed by atoms with Crippen LogP contribution < -0.4 is 10.1 Å². The third-order valence-electron chi connectivity index (χ3n) is 3.45. The minimum Gasteiger partial charge on any atom is -0.497 e. The second-order valence-corrected chi connectivity index (χ2v) is 5.78. The van der Waals surface area contributed by atoms with Gasteiger partial charge in [-0.3, -0.25) is 0 Å². The van der Waals surface area contributed by atoms with Gasteiger partial charge in [0.05, 0.1) is 7.11 Å². The number of nitrogens with one attached hydrogen (secondary N) is 1. The Hall–Kier alpha value is -1.22. The van der Waals surface area contributed by atoms with Crippen LogP contribution in [0, 0.1) is 0 Å². The van der Waals surface area contributed by atoms with Crippen molar-refractivity contribution in [3.05, 3.63) is 63.6 Å². The maximum absolute atomic E-state index is 6.17. The lowest BCUT2D eigenvalue weighted by molar-refractivity contribution is 0.413. The summed E-state index contributed by atoms with van der Waals surface area (Å²) in [5.74, 6) is 0.877. The summed E-state index contributed by atoms with van der Waals surface area (Å²) in [7, 11) is 1.68.